The molecule has 1 aliphatic heterocycles. The number of allylic oxidation sites excluding steroid dienone is 1. The first-order valence-corrected chi connectivity index (χ1v) is 10.6. The maximum atomic E-state index is 12.6. The highest BCUT2D eigenvalue weighted by molar-refractivity contribution is 8.10. The van der Waals surface area contributed by atoms with E-state index in [0.29, 0.717) is 5.75 Å². The summed E-state index contributed by atoms with van der Waals surface area (Å²) < 4.78 is 10.6. The summed E-state index contributed by atoms with van der Waals surface area (Å²) in [5, 5.41) is 9.18. The van der Waals surface area contributed by atoms with Gasteiger partial charge in [0.25, 0.3) is 5.09 Å². The second-order valence-electron chi connectivity index (χ2n) is 6.31. The number of benzene rings is 2. The van der Waals surface area contributed by atoms with Gasteiger partial charge < -0.3 is 14.3 Å². The molecule has 0 saturated carbocycles. The van der Waals surface area contributed by atoms with Crippen molar-refractivity contribution in [3.05, 3.63) is 75.8 Å². The average Bonchev–Trinajstić information content (AvgIpc) is 3.18. The Morgan fingerprint density at radius 3 is 2.52 bits per heavy atom. The van der Waals surface area contributed by atoms with E-state index in [0.717, 1.165) is 21.1 Å². The van der Waals surface area contributed by atoms with Gasteiger partial charge in [-0.3, -0.25) is 4.79 Å². The number of thioether (sulfide) groups is 1. The van der Waals surface area contributed by atoms with Crippen LogP contribution in [0.5, 0.6) is 11.5 Å². The Hall–Kier alpha value is -3.24. The van der Waals surface area contributed by atoms with Crippen LogP contribution in [-0.4, -0.2) is 34.2 Å². The predicted molar refractivity (Wildman–Crippen MR) is 119 cm³/mol. The fourth-order valence-corrected chi connectivity index (χ4v) is 3.93. The summed E-state index contributed by atoms with van der Waals surface area (Å²) in [4.78, 5) is 40.8. The minimum absolute atomic E-state index is 0.0466. The van der Waals surface area contributed by atoms with Crippen molar-refractivity contribution in [2.75, 3.05) is 12.4 Å². The zero-order valence-electron chi connectivity index (χ0n) is 16.1. The third kappa shape index (κ3) is 6.63. The molecule has 0 N–H and O–H groups in total. The van der Waals surface area contributed by atoms with E-state index in [4.69, 9.17) is 21.7 Å². The van der Waals surface area contributed by atoms with Crippen molar-refractivity contribution in [3.8, 4) is 11.5 Å². The first-order chi connectivity index (χ1) is 14.9. The van der Waals surface area contributed by atoms with Crippen LogP contribution in [0, 0.1) is 10.1 Å². The number of carbonyl (C=O) groups is 2. The standard InChI is InChI=1S/C21H17NO7S2/c23-20(6-3-11-27-22(25)26)29-18-5-2-1-4-17(18)21(24)28-15-9-7-14(8-10-15)19-12-16(30)13-31-19/h1-2,4-5,7-10,12H,3,6,11,13H2. The molecule has 3 rings (SSSR count). The number of thiocarbonyl (C=S) groups is 1. The lowest BCUT2D eigenvalue weighted by atomic mass is 10.2. The molecule has 0 spiro atoms. The van der Waals surface area contributed by atoms with E-state index in [1.165, 1.54) is 12.1 Å². The van der Waals surface area contributed by atoms with Crippen LogP contribution in [0.15, 0.2) is 54.6 Å². The van der Waals surface area contributed by atoms with Crippen molar-refractivity contribution in [1.29, 1.82) is 0 Å². The molecule has 0 unspecified atom stereocenters. The molecule has 0 fully saturated rings. The number of hydrogen-bond acceptors (Lipinski definition) is 9. The first kappa shape index (κ1) is 22.4. The van der Waals surface area contributed by atoms with Crippen LogP contribution in [0.1, 0.15) is 28.8 Å². The molecule has 2 aromatic carbocycles. The van der Waals surface area contributed by atoms with Crippen molar-refractivity contribution in [1.82, 2.24) is 0 Å². The van der Waals surface area contributed by atoms with Crippen molar-refractivity contribution in [2.45, 2.75) is 12.8 Å². The number of esters is 2. The highest BCUT2D eigenvalue weighted by Crippen LogP contribution is 2.33. The Kier molecular flexibility index (Phi) is 7.74. The molecular formula is C21H17NO7S2. The zero-order valence-corrected chi connectivity index (χ0v) is 17.8. The van der Waals surface area contributed by atoms with Crippen LogP contribution in [0.3, 0.4) is 0 Å². The van der Waals surface area contributed by atoms with Crippen LogP contribution in [0.25, 0.3) is 4.91 Å². The van der Waals surface area contributed by atoms with Crippen molar-refractivity contribution < 1.29 is 29.0 Å². The number of nitrogens with zero attached hydrogens (tertiary/aromatic N) is 1. The Morgan fingerprint density at radius 2 is 1.84 bits per heavy atom. The second kappa shape index (κ2) is 10.7. The Bertz CT molecular complexity index is 1030. The van der Waals surface area contributed by atoms with Gasteiger partial charge in [0.2, 0.25) is 0 Å². The molecule has 0 atom stereocenters. The molecule has 160 valence electrons. The minimum Gasteiger partial charge on any atom is -0.426 e. The lowest BCUT2D eigenvalue weighted by Crippen LogP contribution is -2.15. The van der Waals surface area contributed by atoms with Gasteiger partial charge in [-0.2, -0.15) is 0 Å². The number of ether oxygens (including phenoxy) is 2. The van der Waals surface area contributed by atoms with E-state index in [1.807, 2.05) is 18.2 Å². The van der Waals surface area contributed by atoms with Gasteiger partial charge >= 0.3 is 11.9 Å². The summed E-state index contributed by atoms with van der Waals surface area (Å²) in [6.45, 7) is -0.219. The summed E-state index contributed by atoms with van der Waals surface area (Å²) >= 11 is 6.84. The first-order valence-electron chi connectivity index (χ1n) is 9.19. The molecule has 0 radical (unpaired) electrons. The maximum absolute atomic E-state index is 12.6. The monoisotopic (exact) mass is 459 g/mol. The summed E-state index contributed by atoms with van der Waals surface area (Å²) in [7, 11) is 0. The fourth-order valence-electron chi connectivity index (χ4n) is 2.65. The second-order valence-corrected chi connectivity index (χ2v) is 7.85. The molecule has 10 heteroatoms. The third-order valence-corrected chi connectivity index (χ3v) is 5.63. The van der Waals surface area contributed by atoms with E-state index in [2.05, 4.69) is 4.84 Å². The largest absolute Gasteiger partial charge is 0.426 e. The van der Waals surface area contributed by atoms with Gasteiger partial charge in [0.15, 0.2) is 0 Å². The molecule has 0 amide bonds. The van der Waals surface area contributed by atoms with Crippen LogP contribution in [0.4, 0.5) is 0 Å². The van der Waals surface area contributed by atoms with Gasteiger partial charge in [-0.05, 0) is 42.3 Å². The van der Waals surface area contributed by atoms with Gasteiger partial charge in [0, 0.05) is 21.9 Å². The van der Waals surface area contributed by atoms with Gasteiger partial charge in [0.05, 0.1) is 6.61 Å². The summed E-state index contributed by atoms with van der Waals surface area (Å²) in [6.07, 6.45) is 1.96. The van der Waals surface area contributed by atoms with Gasteiger partial charge in [0.1, 0.15) is 17.1 Å². The lowest BCUT2D eigenvalue weighted by Gasteiger charge is -2.10. The Labute approximate surface area is 187 Å². The van der Waals surface area contributed by atoms with E-state index in [-0.39, 0.29) is 30.8 Å². The van der Waals surface area contributed by atoms with Crippen molar-refractivity contribution in [3.63, 3.8) is 0 Å². The summed E-state index contributed by atoms with van der Waals surface area (Å²) in [5.74, 6) is -0.136. The van der Waals surface area contributed by atoms with Crippen LogP contribution in [0.2, 0.25) is 0 Å². The number of hydrogen-bond donors (Lipinski definition) is 0. The third-order valence-electron chi connectivity index (χ3n) is 4.06. The molecule has 2 aromatic rings. The van der Waals surface area contributed by atoms with E-state index in [1.54, 1.807) is 36.0 Å². The molecule has 0 aromatic heterocycles. The highest BCUT2D eigenvalue weighted by Gasteiger charge is 2.18. The minimum atomic E-state index is -0.929. The molecule has 8 nitrogen and oxygen atoms in total. The molecule has 0 saturated heterocycles. The Morgan fingerprint density at radius 1 is 1.10 bits per heavy atom. The number of para-hydroxylation sites is 1. The van der Waals surface area contributed by atoms with Gasteiger partial charge in [-0.25, -0.2) is 4.79 Å². The van der Waals surface area contributed by atoms with Gasteiger partial charge in [-0.1, -0.05) is 36.5 Å². The normalized spacial score (nSPS) is 12.8. The molecule has 0 bridgehead atoms. The van der Waals surface area contributed by atoms with E-state index in [9.17, 15) is 19.7 Å². The molecule has 1 heterocycles. The average molecular weight is 460 g/mol. The van der Waals surface area contributed by atoms with Gasteiger partial charge in [-0.15, -0.1) is 21.9 Å². The Balaban J connectivity index is 1.60. The lowest BCUT2D eigenvalue weighted by molar-refractivity contribution is -0.757. The molecule has 1 aliphatic rings. The SMILES string of the molecule is O=C(CCCO[N+](=O)[O-])Oc1ccccc1C(=O)Oc1ccc(C2=CC(=S)CS2)cc1. The molecule has 31 heavy (non-hydrogen) atoms. The van der Waals surface area contributed by atoms with Crippen LogP contribution in [-0.2, 0) is 9.63 Å². The smallest absolute Gasteiger partial charge is 0.347 e. The van der Waals surface area contributed by atoms with Crippen molar-refractivity contribution >= 4 is 45.7 Å². The topological polar surface area (TPSA) is 105 Å². The molecular weight excluding hydrogens is 442 g/mol. The van der Waals surface area contributed by atoms with E-state index < -0.39 is 17.0 Å². The summed E-state index contributed by atoms with van der Waals surface area (Å²) in [6, 6.07) is 13.2. The van der Waals surface area contributed by atoms with Crippen molar-refractivity contribution in [2.24, 2.45) is 0 Å². The quantitative estimate of drug-likeness (QED) is 0.136. The predicted octanol–water partition coefficient (Wildman–Crippen LogP) is 4.26. The fraction of sp³-hybridized carbons (Fsp3) is 0.190. The number of carbonyl (C=O) groups excluding carboxylic acids is 2. The highest BCUT2D eigenvalue weighted by atomic mass is 32.2. The van der Waals surface area contributed by atoms with Crippen LogP contribution < -0.4 is 9.47 Å². The summed E-state index contributed by atoms with van der Waals surface area (Å²) in [5.41, 5.74) is 1.07. The maximum Gasteiger partial charge on any atom is 0.347 e. The van der Waals surface area contributed by atoms with E-state index >= 15 is 0 Å². The number of rotatable bonds is 9. The van der Waals surface area contributed by atoms with Crippen LogP contribution >= 0.6 is 24.0 Å². The molecule has 0 aliphatic carbocycles. The zero-order chi connectivity index (χ0) is 22.2.